The van der Waals surface area contributed by atoms with Crippen molar-refractivity contribution in [3.05, 3.63) is 55.8 Å². The number of amides is 1. The van der Waals surface area contributed by atoms with Crippen LogP contribution in [0.25, 0.3) is 0 Å². The average Bonchev–Trinajstić information content (AvgIpc) is 2.60. The maximum Gasteiger partial charge on any atom is 0.332 e. The van der Waals surface area contributed by atoms with Crippen LogP contribution in [-0.2, 0) is 18.4 Å². The molecule has 0 radical (unpaired) electrons. The molecule has 2 aromatic rings. The highest BCUT2D eigenvalue weighted by atomic mass is 35.5. The predicted molar refractivity (Wildman–Crippen MR) is 99.5 cm³/mol. The number of anilines is 1. The maximum atomic E-state index is 12.3. The number of nitrogens with zero attached hydrogens (tertiary/aromatic N) is 2. The number of hydrogen-bond acceptors (Lipinski definition) is 4. The molecule has 0 saturated heterocycles. The van der Waals surface area contributed by atoms with Crippen LogP contribution in [0.2, 0.25) is 5.15 Å². The summed E-state index contributed by atoms with van der Waals surface area (Å²) >= 11 is 6.17. The zero-order valence-electron chi connectivity index (χ0n) is 14.4. The van der Waals surface area contributed by atoms with Gasteiger partial charge in [0.15, 0.2) is 0 Å². The van der Waals surface area contributed by atoms with Gasteiger partial charge in [0.2, 0.25) is 5.91 Å². The number of aromatic nitrogens is 2. The number of nitrogens with one attached hydrogen (secondary N) is 1. The van der Waals surface area contributed by atoms with Gasteiger partial charge in [0.25, 0.3) is 5.56 Å². The Morgan fingerprint density at radius 2 is 2.08 bits per heavy atom. The fraction of sp³-hybridized carbons (Fsp3) is 0.278. The summed E-state index contributed by atoms with van der Waals surface area (Å²) in [5, 5.41) is 11.7. The molecule has 1 aromatic carbocycles. The van der Waals surface area contributed by atoms with E-state index in [1.165, 1.54) is 19.2 Å². The van der Waals surface area contributed by atoms with E-state index in [4.69, 9.17) is 11.6 Å². The van der Waals surface area contributed by atoms with Crippen molar-refractivity contribution in [1.29, 1.82) is 0 Å². The Kier molecular flexibility index (Phi) is 6.26. The molecular formula is C18H18ClN3O4. The van der Waals surface area contributed by atoms with Crippen LogP contribution in [0.4, 0.5) is 5.69 Å². The van der Waals surface area contributed by atoms with Gasteiger partial charge in [0.05, 0.1) is 6.54 Å². The summed E-state index contributed by atoms with van der Waals surface area (Å²) in [6.07, 6.45) is 0.842. The van der Waals surface area contributed by atoms with E-state index in [1.807, 2.05) is 6.92 Å². The lowest BCUT2D eigenvalue weighted by atomic mass is 10.2. The van der Waals surface area contributed by atoms with E-state index in [2.05, 4.69) is 17.2 Å². The van der Waals surface area contributed by atoms with Gasteiger partial charge in [-0.25, -0.2) is 4.79 Å². The summed E-state index contributed by atoms with van der Waals surface area (Å²) in [5.74, 6) is 5.29. The first-order chi connectivity index (χ1) is 12.3. The Morgan fingerprint density at radius 3 is 2.73 bits per heavy atom. The lowest BCUT2D eigenvalue weighted by Crippen LogP contribution is -2.40. The monoisotopic (exact) mass is 375 g/mol. The summed E-state index contributed by atoms with van der Waals surface area (Å²) in [7, 11) is 1.30. The fourth-order valence-corrected chi connectivity index (χ4v) is 2.48. The summed E-state index contributed by atoms with van der Waals surface area (Å²) in [5.41, 5.74) is -0.901. The van der Waals surface area contributed by atoms with Crippen LogP contribution in [0.5, 0.6) is 5.75 Å². The molecule has 0 fully saturated rings. The van der Waals surface area contributed by atoms with E-state index in [1.54, 1.807) is 12.1 Å². The lowest BCUT2D eigenvalue weighted by Gasteiger charge is -2.12. The molecule has 7 nitrogen and oxygen atoms in total. The third-order valence-electron chi connectivity index (χ3n) is 3.54. The largest absolute Gasteiger partial charge is 0.508 e. The third kappa shape index (κ3) is 4.35. The molecule has 0 saturated carbocycles. The third-order valence-corrected chi connectivity index (χ3v) is 3.93. The summed E-state index contributed by atoms with van der Waals surface area (Å²) in [4.78, 5) is 36.3. The number of hydrogen-bond donors (Lipinski definition) is 2. The quantitative estimate of drug-likeness (QED) is 0.628. The number of phenolic OH excluding ortho intramolecular Hbond substituents is 1. The van der Waals surface area contributed by atoms with E-state index < -0.39 is 11.2 Å². The first-order valence-electron chi connectivity index (χ1n) is 7.92. The predicted octanol–water partition coefficient (Wildman–Crippen LogP) is 1.70. The van der Waals surface area contributed by atoms with Crippen LogP contribution < -0.4 is 16.6 Å². The van der Waals surface area contributed by atoms with Crippen LogP contribution in [0, 0.1) is 11.8 Å². The van der Waals surface area contributed by atoms with Crippen molar-refractivity contribution in [3.8, 4) is 17.6 Å². The topological polar surface area (TPSA) is 93.3 Å². The van der Waals surface area contributed by atoms with Crippen molar-refractivity contribution in [2.75, 3.05) is 5.32 Å². The smallest absolute Gasteiger partial charge is 0.332 e. The molecule has 0 atom stereocenters. The molecule has 0 spiro atoms. The molecule has 1 amide bonds. The SMILES string of the molecule is CCCC(=O)Nc1c(Cl)n(CC#Cc2cccc(O)c2)c(=O)n(C)c1=O. The molecule has 0 aliphatic heterocycles. The van der Waals surface area contributed by atoms with E-state index >= 15 is 0 Å². The van der Waals surface area contributed by atoms with Gasteiger partial charge in [-0.1, -0.05) is 36.4 Å². The van der Waals surface area contributed by atoms with Crippen molar-refractivity contribution < 1.29 is 9.90 Å². The molecule has 0 aliphatic carbocycles. The normalized spacial score (nSPS) is 10.1. The van der Waals surface area contributed by atoms with Gasteiger partial charge >= 0.3 is 5.69 Å². The van der Waals surface area contributed by atoms with E-state index in [0.717, 1.165) is 9.13 Å². The minimum atomic E-state index is -0.679. The van der Waals surface area contributed by atoms with Crippen molar-refractivity contribution in [2.24, 2.45) is 7.05 Å². The minimum absolute atomic E-state index is 0.0787. The maximum absolute atomic E-state index is 12.3. The van der Waals surface area contributed by atoms with Crippen molar-refractivity contribution in [3.63, 3.8) is 0 Å². The molecule has 0 aliphatic rings. The van der Waals surface area contributed by atoms with Gasteiger partial charge in [-0.05, 0) is 24.6 Å². The number of carbonyl (C=O) groups is 1. The second kappa shape index (κ2) is 8.41. The molecule has 26 heavy (non-hydrogen) atoms. The van der Waals surface area contributed by atoms with E-state index in [9.17, 15) is 19.5 Å². The summed E-state index contributed by atoms with van der Waals surface area (Å²) < 4.78 is 1.96. The van der Waals surface area contributed by atoms with Gasteiger partial charge in [-0.3, -0.25) is 18.7 Å². The number of rotatable bonds is 4. The number of benzene rings is 1. The second-order valence-corrected chi connectivity index (χ2v) is 5.91. The molecular weight excluding hydrogens is 358 g/mol. The van der Waals surface area contributed by atoms with E-state index in [-0.39, 0.29) is 35.5 Å². The van der Waals surface area contributed by atoms with Crippen LogP contribution in [0.15, 0.2) is 33.9 Å². The lowest BCUT2D eigenvalue weighted by molar-refractivity contribution is -0.116. The molecule has 2 rings (SSSR count). The Bertz CT molecular complexity index is 1010. The Balaban J connectivity index is 2.40. The Morgan fingerprint density at radius 1 is 1.35 bits per heavy atom. The Labute approximate surface area is 154 Å². The molecule has 0 bridgehead atoms. The average molecular weight is 376 g/mol. The van der Waals surface area contributed by atoms with Crippen LogP contribution >= 0.6 is 11.6 Å². The van der Waals surface area contributed by atoms with Gasteiger partial charge in [0.1, 0.15) is 16.6 Å². The molecule has 2 N–H and O–H groups in total. The Hall–Kier alpha value is -2.98. The highest BCUT2D eigenvalue weighted by Gasteiger charge is 2.17. The standard InChI is InChI=1S/C18H18ClN3O4/c1-3-6-14(24)20-15-16(19)22(18(26)21(2)17(15)25)10-5-8-12-7-4-9-13(23)11-12/h4,7,9,11,23H,3,6,10H2,1-2H3,(H,20,24). The van der Waals surface area contributed by atoms with Crippen molar-refractivity contribution >= 4 is 23.2 Å². The zero-order chi connectivity index (χ0) is 19.3. The fourth-order valence-electron chi connectivity index (χ4n) is 2.22. The highest BCUT2D eigenvalue weighted by molar-refractivity contribution is 6.32. The van der Waals surface area contributed by atoms with Crippen LogP contribution in [0.3, 0.4) is 0 Å². The van der Waals surface area contributed by atoms with Crippen LogP contribution in [0.1, 0.15) is 25.3 Å². The number of carbonyl (C=O) groups excluding carboxylic acids is 1. The molecule has 8 heteroatoms. The van der Waals surface area contributed by atoms with Crippen molar-refractivity contribution in [1.82, 2.24) is 9.13 Å². The second-order valence-electron chi connectivity index (χ2n) is 5.55. The molecule has 0 unspecified atom stereocenters. The highest BCUT2D eigenvalue weighted by Crippen LogP contribution is 2.16. The van der Waals surface area contributed by atoms with Crippen molar-refractivity contribution in [2.45, 2.75) is 26.3 Å². The number of aromatic hydroxyl groups is 1. The van der Waals surface area contributed by atoms with Gasteiger partial charge in [-0.2, -0.15) is 0 Å². The molecule has 136 valence electrons. The number of phenols is 1. The molecule has 1 heterocycles. The zero-order valence-corrected chi connectivity index (χ0v) is 15.1. The first kappa shape index (κ1) is 19.3. The summed E-state index contributed by atoms with van der Waals surface area (Å²) in [6, 6.07) is 6.35. The van der Waals surface area contributed by atoms with Gasteiger partial charge in [0, 0.05) is 19.0 Å². The molecule has 1 aromatic heterocycles. The number of halogens is 1. The summed E-state index contributed by atoms with van der Waals surface area (Å²) in [6.45, 7) is 1.75. The van der Waals surface area contributed by atoms with Gasteiger partial charge in [-0.15, -0.1) is 0 Å². The first-order valence-corrected chi connectivity index (χ1v) is 8.30. The van der Waals surface area contributed by atoms with Gasteiger partial charge < -0.3 is 10.4 Å². The van der Waals surface area contributed by atoms with Crippen LogP contribution in [-0.4, -0.2) is 20.1 Å². The minimum Gasteiger partial charge on any atom is -0.508 e. The van der Waals surface area contributed by atoms with E-state index in [0.29, 0.717) is 12.0 Å².